The number of hydrogen-bond donors (Lipinski definition) is 1. The van der Waals surface area contributed by atoms with Crippen LogP contribution in [0.15, 0.2) is 10.5 Å². The molecule has 1 fully saturated rings. The molecule has 0 bridgehead atoms. The Balaban J connectivity index is 1.95. The van der Waals surface area contributed by atoms with Crippen LogP contribution in [0.5, 0.6) is 0 Å². The number of amides is 1. The van der Waals surface area contributed by atoms with Crippen molar-refractivity contribution in [3.8, 4) is 0 Å². The van der Waals surface area contributed by atoms with Crippen molar-refractivity contribution < 1.29 is 23.4 Å². The van der Waals surface area contributed by atoms with Crippen LogP contribution in [0, 0.1) is 19.8 Å². The molecule has 1 aliphatic rings. The number of nitrogens with one attached hydrogen (secondary N) is 1. The molecule has 0 aliphatic carbocycles. The monoisotopic (exact) mass is 297 g/mol. The second kappa shape index (κ2) is 7.06. The summed E-state index contributed by atoms with van der Waals surface area (Å²) in [6.45, 7) is 5.13. The van der Waals surface area contributed by atoms with E-state index < -0.39 is 0 Å². The normalized spacial score (nSPS) is 25.8. The molecule has 2 rings (SSSR count). The molecule has 1 aromatic heterocycles. The zero-order valence-corrected chi connectivity index (χ0v) is 13.0. The van der Waals surface area contributed by atoms with Crippen molar-refractivity contribution in [2.24, 2.45) is 5.92 Å². The maximum atomic E-state index is 12.2. The standard InChI is InChI=1S/C15H23NO5/c1-9-5-12(10(2)21-9)15(17)16-6-11-7-20-8-13(18-3)14(11)19-4/h5,11,13-14H,6-8H2,1-4H3,(H,16,17)/t11-,13-,14+/m1/s1. The van der Waals surface area contributed by atoms with Gasteiger partial charge in [-0.1, -0.05) is 0 Å². The predicted octanol–water partition coefficient (Wildman–Crippen LogP) is 1.30. The Labute approximate surface area is 124 Å². The van der Waals surface area contributed by atoms with E-state index in [9.17, 15) is 4.79 Å². The fourth-order valence-electron chi connectivity index (χ4n) is 2.73. The summed E-state index contributed by atoms with van der Waals surface area (Å²) in [6, 6.07) is 1.74. The van der Waals surface area contributed by atoms with Crippen molar-refractivity contribution in [2.75, 3.05) is 34.0 Å². The van der Waals surface area contributed by atoms with Gasteiger partial charge in [-0.2, -0.15) is 0 Å². The van der Waals surface area contributed by atoms with Crippen LogP contribution in [0.4, 0.5) is 0 Å². The Hall–Kier alpha value is -1.37. The third-order valence-electron chi connectivity index (χ3n) is 3.83. The Morgan fingerprint density at radius 1 is 1.33 bits per heavy atom. The number of methoxy groups -OCH3 is 2. The second-order valence-electron chi connectivity index (χ2n) is 5.31. The van der Waals surface area contributed by atoms with Gasteiger partial charge in [-0.3, -0.25) is 4.79 Å². The molecule has 6 heteroatoms. The smallest absolute Gasteiger partial charge is 0.254 e. The van der Waals surface area contributed by atoms with Crippen LogP contribution in [0.3, 0.4) is 0 Å². The second-order valence-corrected chi connectivity index (χ2v) is 5.31. The Bertz CT molecular complexity index is 484. The van der Waals surface area contributed by atoms with E-state index in [1.807, 2.05) is 6.92 Å². The van der Waals surface area contributed by atoms with Crippen LogP contribution in [0.2, 0.25) is 0 Å². The molecule has 1 saturated heterocycles. The predicted molar refractivity (Wildman–Crippen MR) is 76.4 cm³/mol. The summed E-state index contributed by atoms with van der Waals surface area (Å²) in [5.41, 5.74) is 0.571. The minimum absolute atomic E-state index is 0.0611. The quantitative estimate of drug-likeness (QED) is 0.887. The van der Waals surface area contributed by atoms with Crippen molar-refractivity contribution in [1.82, 2.24) is 5.32 Å². The van der Waals surface area contributed by atoms with E-state index in [2.05, 4.69) is 5.32 Å². The SMILES string of the molecule is CO[C@H]1[C@H](CNC(=O)c2cc(C)oc2C)COC[C@H]1OC. The molecule has 0 radical (unpaired) electrons. The molecule has 0 spiro atoms. The summed E-state index contributed by atoms with van der Waals surface area (Å²) in [7, 11) is 3.29. The first-order valence-corrected chi connectivity index (χ1v) is 7.05. The third-order valence-corrected chi connectivity index (χ3v) is 3.83. The minimum atomic E-state index is -0.140. The summed E-state index contributed by atoms with van der Waals surface area (Å²) >= 11 is 0. The van der Waals surface area contributed by atoms with Crippen LogP contribution in [0.1, 0.15) is 21.9 Å². The summed E-state index contributed by atoms with van der Waals surface area (Å²) in [6.07, 6.45) is -0.195. The molecular formula is C15H23NO5. The topological polar surface area (TPSA) is 69.9 Å². The fourth-order valence-corrected chi connectivity index (χ4v) is 2.73. The van der Waals surface area contributed by atoms with E-state index >= 15 is 0 Å². The number of rotatable bonds is 5. The van der Waals surface area contributed by atoms with Gasteiger partial charge in [0.25, 0.3) is 5.91 Å². The molecule has 0 unspecified atom stereocenters. The summed E-state index contributed by atoms with van der Waals surface area (Å²) in [4.78, 5) is 12.2. The number of furan rings is 1. The van der Waals surface area contributed by atoms with Gasteiger partial charge in [0.15, 0.2) is 0 Å². The molecule has 0 saturated carbocycles. The average molecular weight is 297 g/mol. The van der Waals surface area contributed by atoms with E-state index in [0.29, 0.717) is 31.1 Å². The van der Waals surface area contributed by atoms with E-state index in [1.54, 1.807) is 27.2 Å². The molecule has 118 valence electrons. The van der Waals surface area contributed by atoms with Crippen LogP contribution in [0.25, 0.3) is 0 Å². The van der Waals surface area contributed by atoms with E-state index in [1.165, 1.54) is 0 Å². The Kier molecular flexibility index (Phi) is 5.39. The van der Waals surface area contributed by atoms with E-state index in [4.69, 9.17) is 18.6 Å². The van der Waals surface area contributed by atoms with Gasteiger partial charge in [-0.05, 0) is 19.9 Å². The van der Waals surface area contributed by atoms with Crippen LogP contribution >= 0.6 is 0 Å². The highest BCUT2D eigenvalue weighted by molar-refractivity contribution is 5.95. The molecule has 2 heterocycles. The molecule has 3 atom stereocenters. The molecule has 1 aromatic rings. The maximum absolute atomic E-state index is 12.2. The third kappa shape index (κ3) is 3.64. The first kappa shape index (κ1) is 16.0. The van der Waals surface area contributed by atoms with Crippen molar-refractivity contribution in [3.05, 3.63) is 23.2 Å². The van der Waals surface area contributed by atoms with Gasteiger partial charge in [0.2, 0.25) is 0 Å². The van der Waals surface area contributed by atoms with Crippen LogP contribution in [-0.4, -0.2) is 52.1 Å². The molecule has 21 heavy (non-hydrogen) atoms. The highest BCUT2D eigenvalue weighted by Gasteiger charge is 2.34. The molecular weight excluding hydrogens is 274 g/mol. The van der Waals surface area contributed by atoms with Gasteiger partial charge in [0.1, 0.15) is 17.6 Å². The first-order chi connectivity index (χ1) is 10.1. The van der Waals surface area contributed by atoms with Crippen molar-refractivity contribution in [2.45, 2.75) is 26.1 Å². The van der Waals surface area contributed by atoms with Gasteiger partial charge in [0.05, 0.1) is 24.9 Å². The molecule has 1 aliphatic heterocycles. The maximum Gasteiger partial charge on any atom is 0.254 e. The molecule has 0 aromatic carbocycles. The van der Waals surface area contributed by atoms with E-state index in [0.717, 1.165) is 5.76 Å². The number of aryl methyl sites for hydroxylation is 2. The van der Waals surface area contributed by atoms with Gasteiger partial charge in [-0.15, -0.1) is 0 Å². The van der Waals surface area contributed by atoms with Crippen molar-refractivity contribution in [1.29, 1.82) is 0 Å². The zero-order chi connectivity index (χ0) is 15.4. The fraction of sp³-hybridized carbons (Fsp3) is 0.667. The van der Waals surface area contributed by atoms with Gasteiger partial charge in [-0.25, -0.2) is 0 Å². The molecule has 6 nitrogen and oxygen atoms in total. The number of hydrogen-bond acceptors (Lipinski definition) is 5. The molecule has 1 N–H and O–H groups in total. The Morgan fingerprint density at radius 2 is 2.10 bits per heavy atom. The lowest BCUT2D eigenvalue weighted by Crippen LogP contribution is -2.50. The number of carbonyl (C=O) groups excluding carboxylic acids is 1. The van der Waals surface area contributed by atoms with Gasteiger partial charge < -0.3 is 23.9 Å². The van der Waals surface area contributed by atoms with E-state index in [-0.39, 0.29) is 24.0 Å². The Morgan fingerprint density at radius 3 is 2.67 bits per heavy atom. The zero-order valence-electron chi connectivity index (χ0n) is 13.0. The first-order valence-electron chi connectivity index (χ1n) is 7.05. The lowest BCUT2D eigenvalue weighted by atomic mass is 9.96. The lowest BCUT2D eigenvalue weighted by molar-refractivity contribution is -0.145. The highest BCUT2D eigenvalue weighted by atomic mass is 16.6. The van der Waals surface area contributed by atoms with Crippen LogP contribution in [-0.2, 0) is 14.2 Å². The van der Waals surface area contributed by atoms with Crippen molar-refractivity contribution in [3.63, 3.8) is 0 Å². The van der Waals surface area contributed by atoms with Crippen molar-refractivity contribution >= 4 is 5.91 Å². The van der Waals surface area contributed by atoms with Gasteiger partial charge >= 0.3 is 0 Å². The summed E-state index contributed by atoms with van der Waals surface area (Å²) < 4.78 is 21.7. The molecule has 1 amide bonds. The minimum Gasteiger partial charge on any atom is -0.466 e. The van der Waals surface area contributed by atoms with Crippen LogP contribution < -0.4 is 5.32 Å². The summed E-state index contributed by atoms with van der Waals surface area (Å²) in [5.74, 6) is 1.28. The number of carbonyl (C=O) groups is 1. The van der Waals surface area contributed by atoms with Gasteiger partial charge in [0, 0.05) is 26.7 Å². The number of ether oxygens (including phenoxy) is 3. The largest absolute Gasteiger partial charge is 0.466 e. The average Bonchev–Trinajstić information content (AvgIpc) is 2.82. The lowest BCUT2D eigenvalue weighted by Gasteiger charge is -2.36. The summed E-state index contributed by atoms with van der Waals surface area (Å²) in [5, 5.41) is 2.92. The highest BCUT2D eigenvalue weighted by Crippen LogP contribution is 2.20.